The van der Waals surface area contributed by atoms with E-state index >= 15 is 0 Å². The SMILES string of the molecule is N#CCCCC#CC1CC1(c1ccccc1)c1ccccc1. The predicted molar refractivity (Wildman–Crippen MR) is 89.0 cm³/mol. The smallest absolute Gasteiger partial charge is 0.0622 e. The molecule has 1 atom stereocenters. The quantitative estimate of drug-likeness (QED) is 0.590. The first-order valence-electron chi connectivity index (χ1n) is 7.84. The van der Waals surface area contributed by atoms with E-state index in [1.54, 1.807) is 0 Å². The van der Waals surface area contributed by atoms with Gasteiger partial charge in [0.15, 0.2) is 0 Å². The summed E-state index contributed by atoms with van der Waals surface area (Å²) in [6.07, 6.45) is 3.39. The Morgan fingerprint density at radius 3 is 2.05 bits per heavy atom. The van der Waals surface area contributed by atoms with Gasteiger partial charge in [-0.1, -0.05) is 66.6 Å². The van der Waals surface area contributed by atoms with Gasteiger partial charge in [-0.3, -0.25) is 0 Å². The van der Waals surface area contributed by atoms with Crippen LogP contribution in [-0.4, -0.2) is 0 Å². The summed E-state index contributed by atoms with van der Waals surface area (Å²) in [5.74, 6) is 7.11. The molecular weight excluding hydrogens is 266 g/mol. The van der Waals surface area contributed by atoms with Crippen LogP contribution in [0.4, 0.5) is 0 Å². The van der Waals surface area contributed by atoms with Crippen LogP contribution >= 0.6 is 0 Å². The van der Waals surface area contributed by atoms with Crippen molar-refractivity contribution in [3.8, 4) is 17.9 Å². The monoisotopic (exact) mass is 285 g/mol. The molecule has 0 N–H and O–H groups in total. The van der Waals surface area contributed by atoms with Gasteiger partial charge in [0, 0.05) is 24.2 Å². The van der Waals surface area contributed by atoms with Gasteiger partial charge in [-0.15, -0.1) is 5.92 Å². The minimum atomic E-state index is 0.0603. The molecule has 0 spiro atoms. The Morgan fingerprint density at radius 2 is 1.50 bits per heavy atom. The third kappa shape index (κ3) is 2.76. The van der Waals surface area contributed by atoms with Crippen LogP contribution in [-0.2, 0) is 5.41 Å². The van der Waals surface area contributed by atoms with Crippen molar-refractivity contribution < 1.29 is 0 Å². The minimum Gasteiger partial charge on any atom is -0.198 e. The van der Waals surface area contributed by atoms with Crippen molar-refractivity contribution in [1.29, 1.82) is 5.26 Å². The summed E-state index contributed by atoms with van der Waals surface area (Å²) in [6.45, 7) is 0. The van der Waals surface area contributed by atoms with Crippen LogP contribution in [0.3, 0.4) is 0 Å². The van der Waals surface area contributed by atoms with Crippen molar-refractivity contribution in [3.63, 3.8) is 0 Å². The lowest BCUT2D eigenvalue weighted by atomic mass is 9.86. The molecule has 22 heavy (non-hydrogen) atoms. The Labute approximate surface area is 132 Å². The van der Waals surface area contributed by atoms with Crippen molar-refractivity contribution in [2.75, 3.05) is 0 Å². The molecule has 0 radical (unpaired) electrons. The first kappa shape index (κ1) is 14.4. The molecule has 1 fully saturated rings. The van der Waals surface area contributed by atoms with Gasteiger partial charge in [0.1, 0.15) is 0 Å². The van der Waals surface area contributed by atoms with Crippen molar-refractivity contribution in [1.82, 2.24) is 0 Å². The molecule has 2 aromatic rings. The molecule has 2 aromatic carbocycles. The van der Waals surface area contributed by atoms with E-state index in [2.05, 4.69) is 78.6 Å². The van der Waals surface area contributed by atoms with Gasteiger partial charge in [0.05, 0.1) is 6.07 Å². The molecule has 1 heteroatoms. The number of benzene rings is 2. The summed E-state index contributed by atoms with van der Waals surface area (Å²) in [7, 11) is 0. The molecule has 1 aliphatic rings. The molecule has 3 rings (SSSR count). The Balaban J connectivity index is 1.84. The normalized spacial score (nSPS) is 17.9. The van der Waals surface area contributed by atoms with Gasteiger partial charge in [-0.2, -0.15) is 5.26 Å². The second-order valence-electron chi connectivity index (χ2n) is 5.79. The first-order valence-corrected chi connectivity index (χ1v) is 7.84. The third-order valence-electron chi connectivity index (χ3n) is 4.41. The number of hydrogen-bond donors (Lipinski definition) is 0. The topological polar surface area (TPSA) is 23.8 Å². The summed E-state index contributed by atoms with van der Waals surface area (Å²) < 4.78 is 0. The fraction of sp³-hybridized carbons (Fsp3) is 0.286. The Kier molecular flexibility index (Phi) is 4.27. The molecule has 1 nitrogen and oxygen atoms in total. The average Bonchev–Trinajstić information content (AvgIpc) is 3.32. The lowest BCUT2D eigenvalue weighted by molar-refractivity contribution is 0.799. The van der Waals surface area contributed by atoms with Crippen LogP contribution in [0, 0.1) is 29.1 Å². The van der Waals surface area contributed by atoms with Crippen LogP contribution < -0.4 is 0 Å². The van der Waals surface area contributed by atoms with E-state index in [1.165, 1.54) is 11.1 Å². The van der Waals surface area contributed by atoms with Crippen LogP contribution in [0.15, 0.2) is 60.7 Å². The van der Waals surface area contributed by atoms with Gasteiger partial charge < -0.3 is 0 Å². The Morgan fingerprint density at radius 1 is 0.909 bits per heavy atom. The molecule has 1 saturated carbocycles. The minimum absolute atomic E-state index is 0.0603. The molecule has 0 aromatic heterocycles. The Hall–Kier alpha value is -2.51. The van der Waals surface area contributed by atoms with Gasteiger partial charge in [0.2, 0.25) is 0 Å². The summed E-state index contributed by atoms with van der Waals surface area (Å²) in [6, 6.07) is 23.6. The van der Waals surface area contributed by atoms with Crippen LogP contribution in [0.1, 0.15) is 36.8 Å². The summed E-state index contributed by atoms with van der Waals surface area (Å²) in [5.41, 5.74) is 2.78. The van der Waals surface area contributed by atoms with Gasteiger partial charge in [-0.05, 0) is 24.0 Å². The first-order chi connectivity index (χ1) is 10.9. The standard InChI is InChI=1S/C21H19N/c22-16-10-2-1-5-15-20-17-21(20,18-11-6-3-7-12-18)19-13-8-4-9-14-19/h3-4,6-9,11-14,20H,1-2,10,17H2. The zero-order valence-corrected chi connectivity index (χ0v) is 12.6. The Bertz CT molecular complexity index is 674. The second-order valence-corrected chi connectivity index (χ2v) is 5.79. The maximum absolute atomic E-state index is 8.57. The van der Waals surface area contributed by atoms with E-state index in [4.69, 9.17) is 5.26 Å². The molecule has 0 heterocycles. The fourth-order valence-corrected chi connectivity index (χ4v) is 3.16. The summed E-state index contributed by atoms with van der Waals surface area (Å²) >= 11 is 0. The molecule has 108 valence electrons. The fourth-order valence-electron chi connectivity index (χ4n) is 3.16. The average molecular weight is 285 g/mol. The van der Waals surface area contributed by atoms with Crippen molar-refractivity contribution >= 4 is 0 Å². The van der Waals surface area contributed by atoms with Crippen LogP contribution in [0.5, 0.6) is 0 Å². The number of nitriles is 1. The summed E-state index contributed by atoms with van der Waals surface area (Å²) in [4.78, 5) is 0. The number of unbranched alkanes of at least 4 members (excludes halogenated alkanes) is 2. The van der Waals surface area contributed by atoms with Crippen LogP contribution in [0.2, 0.25) is 0 Å². The largest absolute Gasteiger partial charge is 0.198 e. The number of rotatable bonds is 4. The van der Waals surface area contributed by atoms with E-state index < -0.39 is 0 Å². The highest BCUT2D eigenvalue weighted by atomic mass is 14.6. The molecule has 0 amide bonds. The molecule has 1 aliphatic carbocycles. The maximum atomic E-state index is 8.57. The zero-order chi connectivity index (χ0) is 15.3. The molecule has 0 aliphatic heterocycles. The number of nitrogens with zero attached hydrogens (tertiary/aromatic N) is 1. The second kappa shape index (κ2) is 6.50. The lowest BCUT2D eigenvalue weighted by Crippen LogP contribution is -2.11. The van der Waals surface area contributed by atoms with E-state index in [0.717, 1.165) is 19.3 Å². The maximum Gasteiger partial charge on any atom is 0.0622 e. The molecule has 0 saturated heterocycles. The molecular formula is C21H19N. The number of hydrogen-bond acceptors (Lipinski definition) is 1. The highest BCUT2D eigenvalue weighted by molar-refractivity contribution is 5.50. The van der Waals surface area contributed by atoms with E-state index in [0.29, 0.717) is 12.3 Å². The van der Waals surface area contributed by atoms with Crippen LogP contribution in [0.25, 0.3) is 0 Å². The van der Waals surface area contributed by atoms with Crippen molar-refractivity contribution in [2.45, 2.75) is 31.1 Å². The van der Waals surface area contributed by atoms with Crippen molar-refractivity contribution in [3.05, 3.63) is 71.8 Å². The highest BCUT2D eigenvalue weighted by Crippen LogP contribution is 2.58. The van der Waals surface area contributed by atoms with Crippen molar-refractivity contribution in [2.24, 2.45) is 5.92 Å². The highest BCUT2D eigenvalue weighted by Gasteiger charge is 2.55. The molecule has 1 unspecified atom stereocenters. The van der Waals surface area contributed by atoms with Gasteiger partial charge in [0.25, 0.3) is 0 Å². The van der Waals surface area contributed by atoms with E-state index in [-0.39, 0.29) is 5.41 Å². The summed E-state index contributed by atoms with van der Waals surface area (Å²) in [5, 5.41) is 8.57. The van der Waals surface area contributed by atoms with Gasteiger partial charge >= 0.3 is 0 Å². The predicted octanol–water partition coefficient (Wildman–Crippen LogP) is 4.69. The van der Waals surface area contributed by atoms with E-state index in [1.807, 2.05) is 0 Å². The third-order valence-corrected chi connectivity index (χ3v) is 4.41. The lowest BCUT2D eigenvalue weighted by Gasteiger charge is -2.17. The van der Waals surface area contributed by atoms with Gasteiger partial charge in [-0.25, -0.2) is 0 Å². The zero-order valence-electron chi connectivity index (χ0n) is 12.6. The van der Waals surface area contributed by atoms with E-state index in [9.17, 15) is 0 Å². The molecule has 0 bridgehead atoms.